The third-order valence-corrected chi connectivity index (χ3v) is 2.50. The van der Waals surface area contributed by atoms with Crippen molar-refractivity contribution >= 4 is 26.4 Å². The lowest BCUT2D eigenvalue weighted by Crippen LogP contribution is -2.29. The van der Waals surface area contributed by atoms with Crippen molar-refractivity contribution in [1.82, 2.24) is 4.90 Å². The Labute approximate surface area is 68.7 Å². The molecule has 9 heavy (non-hydrogen) atoms. The van der Waals surface area contributed by atoms with Gasteiger partial charge < -0.3 is 0 Å². The quantitative estimate of drug-likeness (QED) is 0.503. The molecule has 0 aromatic carbocycles. The Morgan fingerprint density at radius 2 is 2.44 bits per heavy atom. The van der Waals surface area contributed by atoms with Crippen LogP contribution in [0.1, 0.15) is 12.8 Å². The Bertz CT molecular complexity index is 126. The molecular formula is C6H10INO. The number of nitrogens with zero attached hydrogens (tertiary/aromatic N) is 1. The van der Waals surface area contributed by atoms with Crippen LogP contribution in [0.5, 0.6) is 0 Å². The van der Waals surface area contributed by atoms with Gasteiger partial charge in [0.05, 0.1) is 6.04 Å². The summed E-state index contributed by atoms with van der Waals surface area (Å²) in [6.45, 7) is 1.08. The molecule has 0 N–H and O–H groups in total. The largest absolute Gasteiger partial charge is 0.296 e. The molecule has 0 aromatic rings. The summed E-state index contributed by atoms with van der Waals surface area (Å²) in [6.07, 6.45) is 2.23. The van der Waals surface area contributed by atoms with Gasteiger partial charge in [-0.05, 0) is 26.4 Å². The van der Waals surface area contributed by atoms with Crippen LogP contribution in [0, 0.1) is 0 Å². The summed E-state index contributed by atoms with van der Waals surface area (Å²) in [6, 6.07) is 0.214. The Kier molecular flexibility index (Phi) is 2.46. The Hall–Kier alpha value is 0.360. The first-order valence-electron chi connectivity index (χ1n) is 3.11. The summed E-state index contributed by atoms with van der Waals surface area (Å²) in [7, 11) is 2.01. The van der Waals surface area contributed by atoms with Crippen molar-refractivity contribution in [2.45, 2.75) is 18.9 Å². The van der Waals surface area contributed by atoms with Gasteiger partial charge in [-0.1, -0.05) is 0 Å². The molecule has 0 bridgehead atoms. The summed E-state index contributed by atoms with van der Waals surface area (Å²) < 4.78 is 0.285. The van der Waals surface area contributed by atoms with Crippen LogP contribution in [0.2, 0.25) is 0 Å². The maximum Gasteiger partial charge on any atom is 0.209 e. The zero-order valence-electron chi connectivity index (χ0n) is 5.43. The van der Waals surface area contributed by atoms with Gasteiger partial charge in [-0.3, -0.25) is 9.69 Å². The highest BCUT2D eigenvalue weighted by molar-refractivity contribution is 14.1. The molecule has 0 saturated carbocycles. The summed E-state index contributed by atoms with van der Waals surface area (Å²) in [5, 5.41) is 0. The minimum atomic E-state index is 0.214. The van der Waals surface area contributed by atoms with E-state index < -0.39 is 0 Å². The first-order chi connectivity index (χ1) is 4.22. The summed E-state index contributed by atoms with van der Waals surface area (Å²) >= 11 is 1.88. The monoisotopic (exact) mass is 239 g/mol. The van der Waals surface area contributed by atoms with E-state index in [1.807, 2.05) is 29.6 Å². The predicted octanol–water partition coefficient (Wildman–Crippen LogP) is 1.04. The molecule has 0 aliphatic carbocycles. The summed E-state index contributed by atoms with van der Waals surface area (Å²) in [4.78, 5) is 12.9. The summed E-state index contributed by atoms with van der Waals surface area (Å²) in [5.74, 6) is 0. The number of rotatable bonds is 1. The predicted molar refractivity (Wildman–Crippen MR) is 44.7 cm³/mol. The highest BCUT2D eigenvalue weighted by atomic mass is 127. The van der Waals surface area contributed by atoms with Gasteiger partial charge in [0.2, 0.25) is 3.79 Å². The average molecular weight is 239 g/mol. The SMILES string of the molecule is CN1CCC[C@H]1C(=O)I. The van der Waals surface area contributed by atoms with Crippen LogP contribution in [0.3, 0.4) is 0 Å². The molecule has 0 amide bonds. The third kappa shape index (κ3) is 1.64. The van der Waals surface area contributed by atoms with Gasteiger partial charge >= 0.3 is 0 Å². The number of likely N-dealkylation sites (N-methyl/N-ethyl adjacent to an activating group) is 1. The second-order valence-electron chi connectivity index (χ2n) is 2.44. The van der Waals surface area contributed by atoms with Crippen molar-refractivity contribution in [1.29, 1.82) is 0 Å². The number of hydrogen-bond acceptors (Lipinski definition) is 2. The number of likely N-dealkylation sites (tertiary alicyclic amines) is 1. The van der Waals surface area contributed by atoms with E-state index >= 15 is 0 Å². The lowest BCUT2D eigenvalue weighted by Gasteiger charge is -2.13. The molecule has 0 aromatic heterocycles. The van der Waals surface area contributed by atoms with Crippen LogP contribution in [0.25, 0.3) is 0 Å². The molecule has 0 spiro atoms. The van der Waals surface area contributed by atoms with E-state index in [0.717, 1.165) is 13.0 Å². The van der Waals surface area contributed by atoms with Crippen LogP contribution in [0.4, 0.5) is 0 Å². The molecule has 1 saturated heterocycles. The summed E-state index contributed by atoms with van der Waals surface area (Å²) in [5.41, 5.74) is 0. The zero-order chi connectivity index (χ0) is 6.85. The molecule has 1 aliphatic heterocycles. The molecule has 3 heteroatoms. The number of hydrogen-bond donors (Lipinski definition) is 0. The van der Waals surface area contributed by atoms with Gasteiger partial charge in [0.25, 0.3) is 0 Å². The van der Waals surface area contributed by atoms with Crippen LogP contribution in [-0.2, 0) is 4.79 Å². The van der Waals surface area contributed by atoms with E-state index in [9.17, 15) is 4.79 Å². The smallest absolute Gasteiger partial charge is 0.209 e. The first-order valence-corrected chi connectivity index (χ1v) is 4.19. The fraction of sp³-hybridized carbons (Fsp3) is 0.833. The third-order valence-electron chi connectivity index (χ3n) is 1.78. The fourth-order valence-electron chi connectivity index (χ4n) is 1.20. The normalized spacial score (nSPS) is 28.9. The highest BCUT2D eigenvalue weighted by Crippen LogP contribution is 2.17. The molecule has 0 unspecified atom stereocenters. The van der Waals surface area contributed by atoms with Crippen molar-refractivity contribution in [3.8, 4) is 0 Å². The maximum atomic E-state index is 10.8. The van der Waals surface area contributed by atoms with E-state index in [1.165, 1.54) is 6.42 Å². The molecule has 1 atom stereocenters. The Balaban J connectivity index is 2.49. The molecule has 52 valence electrons. The van der Waals surface area contributed by atoms with Crippen LogP contribution >= 0.6 is 22.6 Å². The maximum absolute atomic E-state index is 10.8. The van der Waals surface area contributed by atoms with Crippen LogP contribution in [0.15, 0.2) is 0 Å². The fourth-order valence-corrected chi connectivity index (χ4v) is 1.98. The highest BCUT2D eigenvalue weighted by Gasteiger charge is 2.25. The average Bonchev–Trinajstić information content (AvgIpc) is 2.13. The second kappa shape index (κ2) is 2.96. The van der Waals surface area contributed by atoms with Gasteiger partial charge in [0, 0.05) is 22.6 Å². The molecule has 1 fully saturated rings. The van der Waals surface area contributed by atoms with E-state index in [-0.39, 0.29) is 9.83 Å². The van der Waals surface area contributed by atoms with Crippen molar-refractivity contribution < 1.29 is 4.79 Å². The van der Waals surface area contributed by atoms with E-state index in [0.29, 0.717) is 0 Å². The van der Waals surface area contributed by atoms with Crippen molar-refractivity contribution in [2.24, 2.45) is 0 Å². The molecule has 0 radical (unpaired) electrons. The Morgan fingerprint density at radius 1 is 1.78 bits per heavy atom. The minimum absolute atomic E-state index is 0.214. The van der Waals surface area contributed by atoms with Crippen molar-refractivity contribution in [2.75, 3.05) is 13.6 Å². The van der Waals surface area contributed by atoms with Gasteiger partial charge in [-0.25, -0.2) is 0 Å². The lowest BCUT2D eigenvalue weighted by molar-refractivity contribution is -0.112. The number of halogens is 1. The van der Waals surface area contributed by atoms with Gasteiger partial charge in [0.15, 0.2) is 0 Å². The molecular weight excluding hydrogens is 229 g/mol. The van der Waals surface area contributed by atoms with E-state index in [2.05, 4.69) is 4.90 Å². The number of carbonyl (C=O) groups is 1. The topological polar surface area (TPSA) is 20.3 Å². The van der Waals surface area contributed by atoms with Gasteiger partial charge in [-0.15, -0.1) is 0 Å². The van der Waals surface area contributed by atoms with E-state index in [1.54, 1.807) is 0 Å². The minimum Gasteiger partial charge on any atom is -0.296 e. The van der Waals surface area contributed by atoms with Gasteiger partial charge in [-0.2, -0.15) is 0 Å². The standard InChI is InChI=1S/C6H10INO/c1-8-4-2-3-5(8)6(7)9/h5H,2-4H2,1H3/t5-/m0/s1. The Morgan fingerprint density at radius 3 is 2.67 bits per heavy atom. The molecule has 1 rings (SSSR count). The zero-order valence-corrected chi connectivity index (χ0v) is 7.59. The second-order valence-corrected chi connectivity index (χ2v) is 3.51. The molecule has 1 heterocycles. The molecule has 2 nitrogen and oxygen atoms in total. The van der Waals surface area contributed by atoms with Crippen LogP contribution < -0.4 is 0 Å². The lowest BCUT2D eigenvalue weighted by atomic mass is 10.2. The first kappa shape index (κ1) is 7.47. The number of carbonyl (C=O) groups excluding carboxylic acids is 1. The van der Waals surface area contributed by atoms with Crippen molar-refractivity contribution in [3.63, 3.8) is 0 Å². The molecule has 1 aliphatic rings. The van der Waals surface area contributed by atoms with Crippen LogP contribution in [-0.4, -0.2) is 28.3 Å². The van der Waals surface area contributed by atoms with E-state index in [4.69, 9.17) is 0 Å². The van der Waals surface area contributed by atoms with Gasteiger partial charge in [0.1, 0.15) is 0 Å². The van der Waals surface area contributed by atoms with Crippen molar-refractivity contribution in [3.05, 3.63) is 0 Å².